The smallest absolute Gasteiger partial charge is 0.153 e. The molecule has 0 bridgehead atoms. The molecule has 0 amide bonds. The second-order valence-electron chi connectivity index (χ2n) is 8.41. The zero-order chi connectivity index (χ0) is 23.1. The van der Waals surface area contributed by atoms with Crippen molar-refractivity contribution in [2.75, 3.05) is 0 Å². The molecule has 0 radical (unpaired) electrons. The van der Waals surface area contributed by atoms with Crippen LogP contribution >= 0.6 is 0 Å². The summed E-state index contributed by atoms with van der Waals surface area (Å²) in [5.74, 6) is 1.74. The number of benzene rings is 3. The van der Waals surface area contributed by atoms with Gasteiger partial charge >= 0.3 is 0 Å². The first-order chi connectivity index (χ1) is 16.7. The van der Waals surface area contributed by atoms with Gasteiger partial charge in [-0.3, -0.25) is 4.57 Å². The van der Waals surface area contributed by atoms with Crippen LogP contribution in [0.3, 0.4) is 0 Å². The van der Waals surface area contributed by atoms with E-state index in [-0.39, 0.29) is 0 Å². The molecule has 0 aliphatic rings. The van der Waals surface area contributed by atoms with Gasteiger partial charge < -0.3 is 0 Å². The van der Waals surface area contributed by atoms with Gasteiger partial charge in [-0.25, -0.2) is 14.6 Å². The number of hydrogen-bond acceptors (Lipinski definition) is 3. The normalized spacial score (nSPS) is 11.2. The van der Waals surface area contributed by atoms with Gasteiger partial charge in [0, 0.05) is 29.2 Å². The summed E-state index contributed by atoms with van der Waals surface area (Å²) in [6.07, 6.45) is 3.66. The molecule has 34 heavy (non-hydrogen) atoms. The van der Waals surface area contributed by atoms with Crippen molar-refractivity contribution in [1.29, 1.82) is 0 Å². The van der Waals surface area contributed by atoms with E-state index in [0.717, 1.165) is 39.6 Å². The highest BCUT2D eigenvalue weighted by Gasteiger charge is 2.18. The number of fused-ring (bicyclic) bond motifs is 1. The minimum Gasteiger partial charge on any atom is -0.292 e. The van der Waals surface area contributed by atoms with Gasteiger partial charge in [-0.05, 0) is 67.4 Å². The lowest BCUT2D eigenvalue weighted by Gasteiger charge is -2.13. The number of hydrogen-bond donors (Lipinski definition) is 0. The van der Waals surface area contributed by atoms with Crippen LogP contribution in [0, 0.1) is 13.8 Å². The Kier molecular flexibility index (Phi) is 4.81. The zero-order valence-corrected chi connectivity index (χ0v) is 19.1. The summed E-state index contributed by atoms with van der Waals surface area (Å²) in [7, 11) is 0. The maximum absolute atomic E-state index is 5.10. The molecule has 0 aliphatic carbocycles. The van der Waals surface area contributed by atoms with Crippen LogP contribution in [0.5, 0.6) is 0 Å². The van der Waals surface area contributed by atoms with Crippen molar-refractivity contribution < 1.29 is 0 Å². The molecule has 5 heteroatoms. The van der Waals surface area contributed by atoms with Crippen LogP contribution < -0.4 is 0 Å². The van der Waals surface area contributed by atoms with Crippen LogP contribution in [0.25, 0.3) is 45.2 Å². The fraction of sp³-hybridized carbons (Fsp3) is 0.0690. The summed E-state index contributed by atoms with van der Waals surface area (Å²) in [6, 6.07) is 31.1. The summed E-state index contributed by atoms with van der Waals surface area (Å²) in [6.45, 7) is 4.29. The van der Waals surface area contributed by atoms with Crippen LogP contribution in [-0.2, 0) is 0 Å². The van der Waals surface area contributed by atoms with Crippen molar-refractivity contribution in [3.8, 4) is 34.2 Å². The number of rotatable bonds is 4. The first-order valence-electron chi connectivity index (χ1n) is 11.3. The molecule has 0 atom stereocenters. The van der Waals surface area contributed by atoms with Gasteiger partial charge in [0.15, 0.2) is 5.82 Å². The van der Waals surface area contributed by atoms with E-state index in [9.17, 15) is 0 Å². The number of aromatic nitrogens is 5. The lowest BCUT2D eigenvalue weighted by molar-refractivity contribution is 0.848. The van der Waals surface area contributed by atoms with Crippen LogP contribution in [0.1, 0.15) is 11.1 Å². The third-order valence-electron chi connectivity index (χ3n) is 6.14. The molecule has 164 valence electrons. The third-order valence-corrected chi connectivity index (χ3v) is 6.14. The van der Waals surface area contributed by atoms with E-state index in [1.54, 1.807) is 10.9 Å². The monoisotopic (exact) mass is 441 g/mol. The topological polar surface area (TPSA) is 48.5 Å². The number of para-hydroxylation sites is 1. The maximum atomic E-state index is 5.10. The molecule has 0 unspecified atom stereocenters. The van der Waals surface area contributed by atoms with Crippen molar-refractivity contribution in [3.63, 3.8) is 0 Å². The van der Waals surface area contributed by atoms with E-state index in [2.05, 4.69) is 84.2 Å². The predicted molar refractivity (Wildman–Crippen MR) is 136 cm³/mol. The minimum atomic E-state index is 0.787. The Labute approximate surface area is 198 Å². The number of imidazole rings is 1. The summed E-state index contributed by atoms with van der Waals surface area (Å²) in [5, 5.41) is 4.32. The average molecular weight is 442 g/mol. The molecule has 3 aromatic carbocycles. The van der Waals surface area contributed by atoms with Crippen molar-refractivity contribution >= 4 is 11.0 Å². The zero-order valence-electron chi connectivity index (χ0n) is 19.1. The van der Waals surface area contributed by atoms with Crippen molar-refractivity contribution in [2.45, 2.75) is 13.8 Å². The average Bonchev–Trinajstić information content (AvgIpc) is 3.53. The van der Waals surface area contributed by atoms with Gasteiger partial charge in [-0.1, -0.05) is 48.5 Å². The van der Waals surface area contributed by atoms with E-state index in [0.29, 0.717) is 0 Å². The lowest BCUT2D eigenvalue weighted by atomic mass is 10.0. The van der Waals surface area contributed by atoms with E-state index in [1.165, 1.54) is 16.7 Å². The second kappa shape index (κ2) is 8.12. The van der Waals surface area contributed by atoms with Crippen molar-refractivity contribution in [3.05, 3.63) is 115 Å². The third kappa shape index (κ3) is 3.39. The van der Waals surface area contributed by atoms with Gasteiger partial charge in [-0.2, -0.15) is 5.10 Å². The van der Waals surface area contributed by atoms with Crippen LogP contribution in [0.4, 0.5) is 0 Å². The van der Waals surface area contributed by atoms with Gasteiger partial charge in [0.25, 0.3) is 0 Å². The molecule has 0 aliphatic heterocycles. The molecule has 3 aromatic heterocycles. The number of nitrogens with zero attached hydrogens (tertiary/aromatic N) is 5. The van der Waals surface area contributed by atoms with Gasteiger partial charge in [0.2, 0.25) is 0 Å². The van der Waals surface area contributed by atoms with E-state index >= 15 is 0 Å². The first-order valence-corrected chi connectivity index (χ1v) is 11.3. The standard InChI is InChI=1S/C29H23N5/c1-20-9-6-10-21(2)28(20)29-32-25-16-15-22(19-26(25)34(29)23-11-4-3-5-12-23)24-13-7-14-27(31-24)33-18-8-17-30-33/h3-19H,1-2H3. The lowest BCUT2D eigenvalue weighted by Crippen LogP contribution is -2.00. The molecule has 3 heterocycles. The van der Waals surface area contributed by atoms with Crippen molar-refractivity contribution in [1.82, 2.24) is 24.3 Å². The number of aryl methyl sites for hydroxylation is 2. The Morgan fingerprint density at radius 3 is 2.26 bits per heavy atom. The van der Waals surface area contributed by atoms with Crippen LogP contribution in [-0.4, -0.2) is 24.3 Å². The number of pyridine rings is 1. The molecule has 0 saturated heterocycles. The van der Waals surface area contributed by atoms with Gasteiger partial charge in [0.1, 0.15) is 5.82 Å². The van der Waals surface area contributed by atoms with E-state index in [1.807, 2.05) is 36.5 Å². The summed E-state index contributed by atoms with van der Waals surface area (Å²) < 4.78 is 4.03. The Hall–Kier alpha value is -4.51. The Bertz CT molecular complexity index is 1590. The summed E-state index contributed by atoms with van der Waals surface area (Å²) in [4.78, 5) is 9.96. The molecule has 6 rings (SSSR count). The molecule has 0 saturated carbocycles. The van der Waals surface area contributed by atoms with E-state index in [4.69, 9.17) is 9.97 Å². The molecular formula is C29H23N5. The highest BCUT2D eigenvalue weighted by molar-refractivity contribution is 5.88. The first kappa shape index (κ1) is 20.1. The van der Waals surface area contributed by atoms with Crippen LogP contribution in [0.15, 0.2) is 103 Å². The summed E-state index contributed by atoms with van der Waals surface area (Å²) in [5.41, 5.74) is 8.60. The minimum absolute atomic E-state index is 0.787. The molecule has 5 nitrogen and oxygen atoms in total. The van der Waals surface area contributed by atoms with Crippen molar-refractivity contribution in [2.24, 2.45) is 0 Å². The van der Waals surface area contributed by atoms with Gasteiger partial charge in [-0.15, -0.1) is 0 Å². The Morgan fingerprint density at radius 2 is 1.50 bits per heavy atom. The fourth-order valence-corrected chi connectivity index (χ4v) is 4.52. The SMILES string of the molecule is Cc1cccc(C)c1-c1nc2ccc(-c3cccc(-n4cccn4)n3)cc2n1-c1ccccc1. The molecule has 6 aromatic rings. The Morgan fingerprint density at radius 1 is 0.706 bits per heavy atom. The predicted octanol–water partition coefficient (Wildman–Crippen LogP) is 6.56. The van der Waals surface area contributed by atoms with Gasteiger partial charge in [0.05, 0.1) is 16.7 Å². The largest absolute Gasteiger partial charge is 0.292 e. The molecule has 0 spiro atoms. The second-order valence-corrected chi connectivity index (χ2v) is 8.41. The van der Waals surface area contributed by atoms with Crippen LogP contribution in [0.2, 0.25) is 0 Å². The quantitative estimate of drug-likeness (QED) is 0.311. The highest BCUT2D eigenvalue weighted by atomic mass is 15.3. The highest BCUT2D eigenvalue weighted by Crippen LogP contribution is 2.34. The maximum Gasteiger partial charge on any atom is 0.153 e. The Balaban J connectivity index is 1.59. The van der Waals surface area contributed by atoms with E-state index < -0.39 is 0 Å². The molecular weight excluding hydrogens is 418 g/mol. The fourth-order valence-electron chi connectivity index (χ4n) is 4.52. The molecule has 0 N–H and O–H groups in total. The summed E-state index contributed by atoms with van der Waals surface area (Å²) >= 11 is 0. The molecule has 0 fully saturated rings.